The van der Waals surface area contributed by atoms with Gasteiger partial charge in [-0.1, -0.05) is 6.07 Å². The van der Waals surface area contributed by atoms with Crippen molar-refractivity contribution in [2.45, 2.75) is 38.4 Å². The largest absolute Gasteiger partial charge is 0.493 e. The highest BCUT2D eigenvalue weighted by molar-refractivity contribution is 5.94. The number of hydrogen-bond donors (Lipinski definition) is 2. The summed E-state index contributed by atoms with van der Waals surface area (Å²) in [5, 5.41) is 0.576. The molecule has 9 heteroatoms. The standard InChI is InChI=1S/C24H28F3N3O3/c1-14-11-19(32-4)30-21-17(23(2,29)9-6-10-28)13-18(31-3)22(20(14)21)33-16-8-5-7-15(12-16)24(25,26)27/h5,7-8,11-13H,6,9-10,28-29H2,1-4H3. The number of nitrogens with two attached hydrogens (primary N) is 2. The zero-order valence-electron chi connectivity index (χ0n) is 19.0. The number of ether oxygens (including phenoxy) is 3. The highest BCUT2D eigenvalue weighted by atomic mass is 19.4. The first-order chi connectivity index (χ1) is 15.5. The quantitative estimate of drug-likeness (QED) is 0.472. The summed E-state index contributed by atoms with van der Waals surface area (Å²) in [6.45, 7) is 4.19. The number of benzene rings is 2. The van der Waals surface area contributed by atoms with Crippen LogP contribution in [-0.2, 0) is 11.7 Å². The van der Waals surface area contributed by atoms with Crippen LogP contribution in [0, 0.1) is 6.92 Å². The number of aryl methyl sites for hydroxylation is 1. The molecule has 0 saturated carbocycles. The summed E-state index contributed by atoms with van der Waals surface area (Å²) in [6, 6.07) is 8.11. The number of aromatic nitrogens is 1. The van der Waals surface area contributed by atoms with Gasteiger partial charge in [0.25, 0.3) is 0 Å². The Morgan fingerprint density at radius 3 is 2.39 bits per heavy atom. The maximum Gasteiger partial charge on any atom is 0.416 e. The Kier molecular flexibility index (Phi) is 7.04. The topological polar surface area (TPSA) is 92.6 Å². The molecule has 0 spiro atoms. The van der Waals surface area contributed by atoms with Gasteiger partial charge in [0.15, 0.2) is 11.5 Å². The summed E-state index contributed by atoms with van der Waals surface area (Å²) in [5.41, 5.74) is 12.7. The first kappa shape index (κ1) is 24.6. The van der Waals surface area contributed by atoms with Crippen LogP contribution < -0.4 is 25.7 Å². The molecular formula is C24H28F3N3O3. The Balaban J connectivity index is 2.27. The van der Waals surface area contributed by atoms with Crippen LogP contribution in [-0.4, -0.2) is 25.7 Å². The van der Waals surface area contributed by atoms with Gasteiger partial charge in [-0.25, -0.2) is 4.98 Å². The molecule has 0 bridgehead atoms. The molecule has 1 aromatic heterocycles. The molecule has 1 heterocycles. The maximum absolute atomic E-state index is 13.2. The van der Waals surface area contributed by atoms with Crippen molar-refractivity contribution in [1.29, 1.82) is 0 Å². The minimum absolute atomic E-state index is 0.0195. The third kappa shape index (κ3) is 5.15. The molecule has 0 aliphatic heterocycles. The SMILES string of the molecule is COc1cc(C)c2c(Oc3cccc(C(F)(F)F)c3)c(OC)cc(C(C)(N)CCCN)c2n1. The lowest BCUT2D eigenvalue weighted by molar-refractivity contribution is -0.137. The third-order valence-corrected chi connectivity index (χ3v) is 5.50. The van der Waals surface area contributed by atoms with Gasteiger partial charge in [0.2, 0.25) is 5.88 Å². The molecule has 3 rings (SSSR count). The van der Waals surface area contributed by atoms with Crippen LogP contribution in [0.4, 0.5) is 13.2 Å². The number of fused-ring (bicyclic) bond motifs is 1. The molecule has 0 aliphatic rings. The second-order valence-corrected chi connectivity index (χ2v) is 8.10. The Morgan fingerprint density at radius 2 is 1.79 bits per heavy atom. The fourth-order valence-corrected chi connectivity index (χ4v) is 3.76. The summed E-state index contributed by atoms with van der Waals surface area (Å²) in [7, 11) is 2.97. The third-order valence-electron chi connectivity index (χ3n) is 5.50. The maximum atomic E-state index is 13.2. The Hall–Kier alpha value is -3.04. The van der Waals surface area contributed by atoms with Gasteiger partial charge >= 0.3 is 6.18 Å². The monoisotopic (exact) mass is 463 g/mol. The van der Waals surface area contributed by atoms with Gasteiger partial charge in [0, 0.05) is 17.2 Å². The minimum Gasteiger partial charge on any atom is -0.493 e. The Labute approximate surface area is 190 Å². The average molecular weight is 464 g/mol. The lowest BCUT2D eigenvalue weighted by Crippen LogP contribution is -2.34. The predicted molar refractivity (Wildman–Crippen MR) is 121 cm³/mol. The van der Waals surface area contributed by atoms with Crippen molar-refractivity contribution in [2.75, 3.05) is 20.8 Å². The smallest absolute Gasteiger partial charge is 0.416 e. The molecule has 4 N–H and O–H groups in total. The van der Waals surface area contributed by atoms with Crippen LogP contribution in [0.1, 0.15) is 36.5 Å². The molecule has 0 amide bonds. The molecule has 178 valence electrons. The minimum atomic E-state index is -4.50. The average Bonchev–Trinajstić information content (AvgIpc) is 2.77. The lowest BCUT2D eigenvalue weighted by atomic mass is 9.85. The van der Waals surface area contributed by atoms with Gasteiger partial charge in [0.1, 0.15) is 5.75 Å². The molecule has 6 nitrogen and oxygen atoms in total. The number of halogens is 3. The van der Waals surface area contributed by atoms with Gasteiger partial charge in [-0.15, -0.1) is 0 Å². The van der Waals surface area contributed by atoms with E-state index < -0.39 is 17.3 Å². The predicted octanol–water partition coefficient (Wildman–Crippen LogP) is 5.28. The van der Waals surface area contributed by atoms with E-state index in [2.05, 4.69) is 4.98 Å². The molecule has 1 atom stereocenters. The second-order valence-electron chi connectivity index (χ2n) is 8.10. The van der Waals surface area contributed by atoms with E-state index in [-0.39, 0.29) is 11.5 Å². The highest BCUT2D eigenvalue weighted by Crippen LogP contribution is 2.45. The Bertz CT molecular complexity index is 1150. The van der Waals surface area contributed by atoms with E-state index in [9.17, 15) is 13.2 Å². The van der Waals surface area contributed by atoms with Gasteiger partial charge < -0.3 is 25.7 Å². The molecular weight excluding hydrogens is 435 g/mol. The van der Waals surface area contributed by atoms with Crippen molar-refractivity contribution >= 4 is 10.9 Å². The fourth-order valence-electron chi connectivity index (χ4n) is 3.76. The molecule has 2 aromatic carbocycles. The molecule has 0 aliphatic carbocycles. The van der Waals surface area contributed by atoms with Gasteiger partial charge in [0.05, 0.1) is 30.7 Å². The number of rotatable bonds is 8. The van der Waals surface area contributed by atoms with Crippen LogP contribution in [0.25, 0.3) is 10.9 Å². The number of pyridine rings is 1. The fraction of sp³-hybridized carbons (Fsp3) is 0.375. The van der Waals surface area contributed by atoms with E-state index >= 15 is 0 Å². The van der Waals surface area contributed by atoms with E-state index in [1.807, 2.05) is 13.8 Å². The number of hydrogen-bond acceptors (Lipinski definition) is 6. The summed E-state index contributed by atoms with van der Waals surface area (Å²) in [6.07, 6.45) is -3.21. The van der Waals surface area contributed by atoms with E-state index in [1.165, 1.54) is 26.4 Å². The van der Waals surface area contributed by atoms with Gasteiger partial charge in [-0.3, -0.25) is 0 Å². The molecule has 33 heavy (non-hydrogen) atoms. The van der Waals surface area contributed by atoms with E-state index in [0.717, 1.165) is 17.7 Å². The van der Waals surface area contributed by atoms with Crippen molar-refractivity contribution in [3.05, 3.63) is 53.1 Å². The number of nitrogens with zero attached hydrogens (tertiary/aromatic N) is 1. The normalized spacial score (nSPS) is 13.6. The van der Waals surface area contributed by atoms with Crippen LogP contribution in [0.3, 0.4) is 0 Å². The van der Waals surface area contributed by atoms with Crippen LogP contribution in [0.2, 0.25) is 0 Å². The van der Waals surface area contributed by atoms with E-state index in [4.69, 9.17) is 25.7 Å². The molecule has 0 fully saturated rings. The summed E-state index contributed by atoms with van der Waals surface area (Å²) < 4.78 is 56.6. The van der Waals surface area contributed by atoms with Crippen molar-refractivity contribution in [3.63, 3.8) is 0 Å². The zero-order valence-corrected chi connectivity index (χ0v) is 19.0. The van der Waals surface area contributed by atoms with Crippen molar-refractivity contribution in [1.82, 2.24) is 4.98 Å². The van der Waals surface area contributed by atoms with Crippen LogP contribution >= 0.6 is 0 Å². The van der Waals surface area contributed by atoms with Crippen molar-refractivity contribution in [2.24, 2.45) is 11.5 Å². The van der Waals surface area contributed by atoms with Crippen molar-refractivity contribution in [3.8, 4) is 23.1 Å². The van der Waals surface area contributed by atoms with E-state index in [1.54, 1.807) is 12.1 Å². The lowest BCUT2D eigenvalue weighted by Gasteiger charge is -2.28. The molecule has 0 saturated heterocycles. The van der Waals surface area contributed by atoms with Crippen LogP contribution in [0.15, 0.2) is 36.4 Å². The molecule has 3 aromatic rings. The number of alkyl halides is 3. The van der Waals surface area contributed by atoms with Crippen molar-refractivity contribution < 1.29 is 27.4 Å². The van der Waals surface area contributed by atoms with E-state index in [0.29, 0.717) is 47.5 Å². The van der Waals surface area contributed by atoms with Gasteiger partial charge in [-0.05, 0) is 63.1 Å². The Morgan fingerprint density at radius 1 is 1.06 bits per heavy atom. The summed E-state index contributed by atoms with van der Waals surface area (Å²) in [5.74, 6) is 0.976. The molecule has 1 unspecified atom stereocenters. The first-order valence-corrected chi connectivity index (χ1v) is 10.4. The van der Waals surface area contributed by atoms with Crippen LogP contribution in [0.5, 0.6) is 23.1 Å². The first-order valence-electron chi connectivity index (χ1n) is 10.4. The molecule has 0 radical (unpaired) electrons. The number of methoxy groups -OCH3 is 2. The zero-order chi connectivity index (χ0) is 24.4. The highest BCUT2D eigenvalue weighted by Gasteiger charge is 2.32. The summed E-state index contributed by atoms with van der Waals surface area (Å²) >= 11 is 0. The van der Waals surface area contributed by atoms with Gasteiger partial charge in [-0.2, -0.15) is 13.2 Å². The second kappa shape index (κ2) is 9.44. The summed E-state index contributed by atoms with van der Waals surface area (Å²) in [4.78, 5) is 4.61.